The molecule has 0 aliphatic rings. The van der Waals surface area contributed by atoms with Crippen LogP contribution in [0.2, 0.25) is 0 Å². The van der Waals surface area contributed by atoms with Gasteiger partial charge >= 0.3 is 0 Å². The third kappa shape index (κ3) is 5.21. The van der Waals surface area contributed by atoms with Gasteiger partial charge in [0.25, 0.3) is 0 Å². The number of ether oxygens (including phenoxy) is 1. The Labute approximate surface area is 121 Å². The first-order chi connectivity index (χ1) is 9.58. The van der Waals surface area contributed by atoms with Crippen molar-refractivity contribution in [2.24, 2.45) is 11.7 Å². The molecule has 20 heavy (non-hydrogen) atoms. The van der Waals surface area contributed by atoms with Crippen molar-refractivity contribution in [2.75, 3.05) is 26.7 Å². The fraction of sp³-hybridized carbons (Fsp3) is 0.562. The summed E-state index contributed by atoms with van der Waals surface area (Å²) in [6, 6.07) is 7.90. The van der Waals surface area contributed by atoms with Crippen LogP contribution in [0, 0.1) is 12.8 Å². The molecule has 0 saturated carbocycles. The highest BCUT2D eigenvalue weighted by Gasteiger charge is 2.19. The van der Waals surface area contributed by atoms with Crippen LogP contribution in [-0.4, -0.2) is 37.6 Å². The highest BCUT2D eigenvalue weighted by molar-refractivity contribution is 5.78. The van der Waals surface area contributed by atoms with Crippen LogP contribution in [0.15, 0.2) is 24.3 Å². The summed E-state index contributed by atoms with van der Waals surface area (Å²) in [4.78, 5) is 13.9. The van der Waals surface area contributed by atoms with Gasteiger partial charge in [-0.3, -0.25) is 4.79 Å². The van der Waals surface area contributed by atoms with E-state index in [2.05, 4.69) is 6.92 Å². The molecule has 1 unspecified atom stereocenters. The molecule has 0 bridgehead atoms. The van der Waals surface area contributed by atoms with Gasteiger partial charge < -0.3 is 15.4 Å². The second kappa shape index (κ2) is 8.59. The first-order valence-electron chi connectivity index (χ1n) is 7.23. The summed E-state index contributed by atoms with van der Waals surface area (Å²) >= 11 is 0. The summed E-state index contributed by atoms with van der Waals surface area (Å²) in [6.45, 7) is 5.59. The smallest absolute Gasteiger partial charge is 0.226 e. The highest BCUT2D eigenvalue weighted by atomic mass is 16.5. The minimum atomic E-state index is -0.0654. The van der Waals surface area contributed by atoms with Crippen LogP contribution < -0.4 is 10.5 Å². The Balaban J connectivity index is 2.36. The molecule has 0 saturated heterocycles. The monoisotopic (exact) mass is 278 g/mol. The zero-order valence-electron chi connectivity index (χ0n) is 12.8. The van der Waals surface area contributed by atoms with Crippen molar-refractivity contribution in [1.82, 2.24) is 4.90 Å². The summed E-state index contributed by atoms with van der Waals surface area (Å²) in [7, 11) is 1.80. The molecule has 0 radical (unpaired) electrons. The van der Waals surface area contributed by atoms with Crippen LogP contribution in [0.4, 0.5) is 0 Å². The van der Waals surface area contributed by atoms with Gasteiger partial charge in [-0.25, -0.2) is 0 Å². The SMILES string of the molecule is CCCC(CN)C(=O)N(C)CCOc1ccc(C)cc1. The van der Waals surface area contributed by atoms with Crippen molar-refractivity contribution in [3.8, 4) is 5.75 Å². The molecule has 1 aromatic rings. The number of likely N-dealkylation sites (N-methyl/N-ethyl adjacent to an activating group) is 1. The number of nitrogens with two attached hydrogens (primary N) is 1. The molecule has 0 aromatic heterocycles. The normalized spacial score (nSPS) is 12.0. The molecule has 1 rings (SSSR count). The van der Waals surface area contributed by atoms with Gasteiger partial charge in [-0.15, -0.1) is 0 Å². The van der Waals surface area contributed by atoms with E-state index in [1.807, 2.05) is 31.2 Å². The maximum Gasteiger partial charge on any atom is 0.226 e. The standard InChI is InChI=1S/C16H26N2O2/c1-4-5-14(12-17)16(19)18(3)10-11-20-15-8-6-13(2)7-9-15/h6-9,14H,4-5,10-12,17H2,1-3H3. The number of benzene rings is 1. The highest BCUT2D eigenvalue weighted by Crippen LogP contribution is 2.12. The topological polar surface area (TPSA) is 55.6 Å². The summed E-state index contributed by atoms with van der Waals surface area (Å²) in [6.07, 6.45) is 1.82. The average molecular weight is 278 g/mol. The number of carbonyl (C=O) groups excluding carboxylic acids is 1. The molecule has 0 spiro atoms. The predicted octanol–water partition coefficient (Wildman–Crippen LogP) is 2.21. The van der Waals surface area contributed by atoms with Crippen LogP contribution in [0.3, 0.4) is 0 Å². The van der Waals surface area contributed by atoms with Gasteiger partial charge in [-0.1, -0.05) is 31.0 Å². The number of aryl methyl sites for hydroxylation is 1. The third-order valence-electron chi connectivity index (χ3n) is 3.36. The second-order valence-electron chi connectivity index (χ2n) is 5.14. The number of carbonyl (C=O) groups is 1. The molecular weight excluding hydrogens is 252 g/mol. The van der Waals surface area contributed by atoms with Crippen molar-refractivity contribution in [1.29, 1.82) is 0 Å². The molecule has 112 valence electrons. The third-order valence-corrected chi connectivity index (χ3v) is 3.36. The van der Waals surface area contributed by atoms with Crippen molar-refractivity contribution < 1.29 is 9.53 Å². The van der Waals surface area contributed by atoms with Gasteiger partial charge in [0.15, 0.2) is 0 Å². The van der Waals surface area contributed by atoms with E-state index in [4.69, 9.17) is 10.5 Å². The van der Waals surface area contributed by atoms with Crippen molar-refractivity contribution in [2.45, 2.75) is 26.7 Å². The minimum absolute atomic E-state index is 0.0654. The van der Waals surface area contributed by atoms with Crippen molar-refractivity contribution in [3.05, 3.63) is 29.8 Å². The zero-order chi connectivity index (χ0) is 15.0. The lowest BCUT2D eigenvalue weighted by Crippen LogP contribution is -2.38. The molecule has 2 N–H and O–H groups in total. The average Bonchev–Trinajstić information content (AvgIpc) is 2.46. The molecule has 1 atom stereocenters. The molecule has 0 heterocycles. The Morgan fingerprint density at radius 3 is 2.55 bits per heavy atom. The summed E-state index contributed by atoms with van der Waals surface area (Å²) in [5, 5.41) is 0. The van der Waals surface area contributed by atoms with E-state index in [0.717, 1.165) is 18.6 Å². The molecule has 1 amide bonds. The quantitative estimate of drug-likeness (QED) is 0.793. The first-order valence-corrected chi connectivity index (χ1v) is 7.23. The van der Waals surface area contributed by atoms with E-state index >= 15 is 0 Å². The van der Waals surface area contributed by atoms with E-state index in [9.17, 15) is 4.79 Å². The van der Waals surface area contributed by atoms with Crippen molar-refractivity contribution in [3.63, 3.8) is 0 Å². The van der Waals surface area contributed by atoms with Crippen LogP contribution in [0.1, 0.15) is 25.3 Å². The summed E-state index contributed by atoms with van der Waals surface area (Å²) in [5.74, 6) is 0.881. The largest absolute Gasteiger partial charge is 0.492 e. The van der Waals surface area contributed by atoms with Gasteiger partial charge in [0.2, 0.25) is 5.91 Å². The number of nitrogens with zero attached hydrogens (tertiary/aromatic N) is 1. The fourth-order valence-electron chi connectivity index (χ4n) is 2.05. The lowest BCUT2D eigenvalue weighted by Gasteiger charge is -2.22. The van der Waals surface area contributed by atoms with Gasteiger partial charge in [0.1, 0.15) is 12.4 Å². The van der Waals surface area contributed by atoms with E-state index < -0.39 is 0 Å². The Morgan fingerprint density at radius 2 is 2.00 bits per heavy atom. The Bertz CT molecular complexity index is 403. The van der Waals surface area contributed by atoms with Gasteiger partial charge in [-0.2, -0.15) is 0 Å². The van der Waals surface area contributed by atoms with E-state index in [-0.39, 0.29) is 11.8 Å². The minimum Gasteiger partial charge on any atom is -0.492 e. The summed E-state index contributed by atoms with van der Waals surface area (Å²) < 4.78 is 5.63. The zero-order valence-corrected chi connectivity index (χ0v) is 12.8. The molecule has 0 aliphatic carbocycles. The number of hydrogen-bond acceptors (Lipinski definition) is 3. The fourth-order valence-corrected chi connectivity index (χ4v) is 2.05. The maximum atomic E-state index is 12.1. The predicted molar refractivity (Wildman–Crippen MR) is 81.8 cm³/mol. The van der Waals surface area contributed by atoms with E-state index in [1.54, 1.807) is 11.9 Å². The number of rotatable bonds is 8. The Hall–Kier alpha value is -1.55. The number of amides is 1. The lowest BCUT2D eigenvalue weighted by molar-refractivity contribution is -0.134. The Morgan fingerprint density at radius 1 is 1.35 bits per heavy atom. The van der Waals surface area contributed by atoms with Gasteiger partial charge in [0, 0.05) is 13.6 Å². The first kappa shape index (κ1) is 16.5. The number of hydrogen-bond donors (Lipinski definition) is 1. The van der Waals surface area contributed by atoms with Crippen LogP contribution >= 0.6 is 0 Å². The Kier molecular flexibility index (Phi) is 7.09. The maximum absolute atomic E-state index is 12.1. The molecule has 1 aromatic carbocycles. The lowest BCUT2D eigenvalue weighted by atomic mass is 10.0. The molecule has 4 nitrogen and oxygen atoms in total. The van der Waals surface area contributed by atoms with Gasteiger partial charge in [-0.05, 0) is 25.5 Å². The molecule has 0 fully saturated rings. The van der Waals surface area contributed by atoms with E-state index in [0.29, 0.717) is 19.7 Å². The van der Waals surface area contributed by atoms with Crippen LogP contribution in [0.25, 0.3) is 0 Å². The molecule has 0 aliphatic heterocycles. The molecular formula is C16H26N2O2. The van der Waals surface area contributed by atoms with Crippen LogP contribution in [-0.2, 0) is 4.79 Å². The van der Waals surface area contributed by atoms with Gasteiger partial charge in [0.05, 0.1) is 12.5 Å². The van der Waals surface area contributed by atoms with Crippen molar-refractivity contribution >= 4 is 5.91 Å². The second-order valence-corrected chi connectivity index (χ2v) is 5.14. The van der Waals surface area contributed by atoms with Crippen LogP contribution in [0.5, 0.6) is 5.75 Å². The van der Waals surface area contributed by atoms with E-state index in [1.165, 1.54) is 5.56 Å². The summed E-state index contributed by atoms with van der Waals surface area (Å²) in [5.41, 5.74) is 6.86. The molecule has 4 heteroatoms.